The smallest absolute Gasteiger partial charge is 0.337 e. The predicted molar refractivity (Wildman–Crippen MR) is 93.1 cm³/mol. The minimum Gasteiger partial charge on any atom is -0.484 e. The number of methoxy groups -OCH3 is 1. The maximum absolute atomic E-state index is 12.0. The molecule has 0 fully saturated rings. The van der Waals surface area contributed by atoms with Crippen molar-refractivity contribution in [3.63, 3.8) is 0 Å². The highest BCUT2D eigenvalue weighted by Crippen LogP contribution is 2.26. The monoisotopic (exact) mass is 367 g/mol. The molecule has 0 heterocycles. The predicted octanol–water partition coefficient (Wildman–Crippen LogP) is 4.11. The lowest BCUT2D eigenvalue weighted by atomic mass is 10.1. The van der Waals surface area contributed by atoms with Gasteiger partial charge in [0.1, 0.15) is 5.75 Å². The van der Waals surface area contributed by atoms with Crippen molar-refractivity contribution in [1.82, 2.24) is 0 Å². The summed E-state index contributed by atoms with van der Waals surface area (Å²) >= 11 is 11.7. The third-order valence-corrected chi connectivity index (χ3v) is 3.93. The second kappa shape index (κ2) is 8.04. The summed E-state index contributed by atoms with van der Waals surface area (Å²) in [6, 6.07) is 9.63. The molecule has 0 aliphatic carbocycles. The average molecular weight is 368 g/mol. The summed E-state index contributed by atoms with van der Waals surface area (Å²) in [6.07, 6.45) is 0. The van der Waals surface area contributed by atoms with Crippen LogP contribution in [0.5, 0.6) is 5.75 Å². The van der Waals surface area contributed by atoms with E-state index in [1.165, 1.54) is 13.2 Å². The molecule has 2 rings (SSSR count). The Morgan fingerprint density at radius 1 is 1.08 bits per heavy atom. The van der Waals surface area contributed by atoms with Crippen molar-refractivity contribution in [3.8, 4) is 5.75 Å². The summed E-state index contributed by atoms with van der Waals surface area (Å²) in [6.45, 7) is 1.61. The van der Waals surface area contributed by atoms with Crippen LogP contribution in [-0.4, -0.2) is 25.6 Å². The second-order valence-electron chi connectivity index (χ2n) is 4.93. The molecule has 7 heteroatoms. The first-order valence-electron chi connectivity index (χ1n) is 6.97. The summed E-state index contributed by atoms with van der Waals surface area (Å²) < 4.78 is 10.0. The SMILES string of the molecule is COC(=O)c1ccc(C)c(NC(=O)COc2ccc(Cl)c(Cl)c2)c1. The van der Waals surface area contributed by atoms with Crippen molar-refractivity contribution in [2.45, 2.75) is 6.92 Å². The zero-order valence-corrected chi connectivity index (χ0v) is 14.6. The van der Waals surface area contributed by atoms with Crippen LogP contribution in [0.25, 0.3) is 0 Å². The van der Waals surface area contributed by atoms with Gasteiger partial charge in [0, 0.05) is 11.8 Å². The normalized spacial score (nSPS) is 10.2. The molecule has 2 aromatic rings. The lowest BCUT2D eigenvalue weighted by Gasteiger charge is -2.11. The summed E-state index contributed by atoms with van der Waals surface area (Å²) in [7, 11) is 1.30. The third kappa shape index (κ3) is 4.63. The topological polar surface area (TPSA) is 64.6 Å². The molecule has 0 aliphatic rings. The van der Waals surface area contributed by atoms with E-state index >= 15 is 0 Å². The minimum atomic E-state index is -0.474. The van der Waals surface area contributed by atoms with Crippen LogP contribution < -0.4 is 10.1 Å². The van der Waals surface area contributed by atoms with Gasteiger partial charge in [-0.1, -0.05) is 29.3 Å². The zero-order valence-electron chi connectivity index (χ0n) is 13.1. The number of hydrogen-bond acceptors (Lipinski definition) is 4. The van der Waals surface area contributed by atoms with Gasteiger partial charge in [0.25, 0.3) is 5.91 Å². The standard InChI is InChI=1S/C17H15Cl2NO4/c1-10-3-4-11(17(22)23-2)7-15(10)20-16(21)9-24-12-5-6-13(18)14(19)8-12/h3-8H,9H2,1-2H3,(H,20,21). The highest BCUT2D eigenvalue weighted by Gasteiger charge is 2.11. The fourth-order valence-corrected chi connectivity index (χ4v) is 2.19. The number of anilines is 1. The van der Waals surface area contributed by atoms with Crippen LogP contribution in [0, 0.1) is 6.92 Å². The number of esters is 1. The lowest BCUT2D eigenvalue weighted by Crippen LogP contribution is -2.21. The van der Waals surface area contributed by atoms with E-state index in [-0.39, 0.29) is 12.5 Å². The number of amides is 1. The van der Waals surface area contributed by atoms with Gasteiger partial charge in [0.15, 0.2) is 6.61 Å². The molecule has 24 heavy (non-hydrogen) atoms. The van der Waals surface area contributed by atoms with Gasteiger partial charge < -0.3 is 14.8 Å². The molecule has 0 saturated heterocycles. The van der Waals surface area contributed by atoms with Gasteiger partial charge in [-0.25, -0.2) is 4.79 Å². The van der Waals surface area contributed by atoms with Crippen molar-refractivity contribution in [2.75, 3.05) is 19.0 Å². The first-order chi connectivity index (χ1) is 11.4. The Bertz CT molecular complexity index is 777. The van der Waals surface area contributed by atoms with Gasteiger partial charge in [0.05, 0.1) is 22.7 Å². The maximum Gasteiger partial charge on any atom is 0.337 e. The molecule has 0 saturated carbocycles. The number of aryl methyl sites for hydroxylation is 1. The molecule has 1 N–H and O–H groups in total. The van der Waals surface area contributed by atoms with Gasteiger partial charge in [-0.3, -0.25) is 4.79 Å². The second-order valence-corrected chi connectivity index (χ2v) is 5.75. The van der Waals surface area contributed by atoms with Crippen LogP contribution in [0.2, 0.25) is 10.0 Å². The van der Waals surface area contributed by atoms with Crippen molar-refractivity contribution in [3.05, 3.63) is 57.6 Å². The number of rotatable bonds is 5. The van der Waals surface area contributed by atoms with Crippen LogP contribution in [0.4, 0.5) is 5.69 Å². The van der Waals surface area contributed by atoms with Crippen LogP contribution >= 0.6 is 23.2 Å². The van der Waals surface area contributed by atoms with E-state index in [0.717, 1.165) is 5.56 Å². The van der Waals surface area contributed by atoms with E-state index < -0.39 is 5.97 Å². The van der Waals surface area contributed by atoms with Crippen LogP contribution in [0.3, 0.4) is 0 Å². The molecule has 126 valence electrons. The maximum atomic E-state index is 12.0. The van der Waals surface area contributed by atoms with Crippen LogP contribution in [0.1, 0.15) is 15.9 Å². The number of benzene rings is 2. The van der Waals surface area contributed by atoms with Crippen molar-refractivity contribution < 1.29 is 19.1 Å². The average Bonchev–Trinajstić information content (AvgIpc) is 2.57. The van der Waals surface area contributed by atoms with Crippen molar-refractivity contribution >= 4 is 40.8 Å². The van der Waals surface area contributed by atoms with Crippen molar-refractivity contribution in [1.29, 1.82) is 0 Å². The molecule has 0 radical (unpaired) electrons. The van der Waals surface area contributed by atoms with Gasteiger partial charge >= 0.3 is 5.97 Å². The molecule has 0 aromatic heterocycles. The number of hydrogen-bond donors (Lipinski definition) is 1. The molecule has 2 aromatic carbocycles. The number of carbonyl (C=O) groups excluding carboxylic acids is 2. The fourth-order valence-electron chi connectivity index (χ4n) is 1.90. The zero-order chi connectivity index (χ0) is 17.7. The summed E-state index contributed by atoms with van der Waals surface area (Å²) in [4.78, 5) is 23.6. The first-order valence-corrected chi connectivity index (χ1v) is 7.73. The van der Waals surface area contributed by atoms with E-state index in [2.05, 4.69) is 10.1 Å². The molecular weight excluding hydrogens is 353 g/mol. The number of nitrogens with one attached hydrogen (secondary N) is 1. The highest BCUT2D eigenvalue weighted by atomic mass is 35.5. The Kier molecular flexibility index (Phi) is 6.06. The molecule has 5 nitrogen and oxygen atoms in total. The molecular formula is C17H15Cl2NO4. The Morgan fingerprint density at radius 2 is 1.83 bits per heavy atom. The summed E-state index contributed by atoms with van der Waals surface area (Å²) in [5.74, 6) is -0.414. The van der Waals surface area contributed by atoms with Crippen LogP contribution in [-0.2, 0) is 9.53 Å². The molecule has 0 aliphatic heterocycles. The lowest BCUT2D eigenvalue weighted by molar-refractivity contribution is -0.118. The van der Waals surface area contributed by atoms with E-state index in [0.29, 0.717) is 27.0 Å². The van der Waals surface area contributed by atoms with Gasteiger partial charge in [0.2, 0.25) is 0 Å². The number of ether oxygens (including phenoxy) is 2. The fraction of sp³-hybridized carbons (Fsp3) is 0.176. The van der Waals surface area contributed by atoms with Gasteiger partial charge in [-0.2, -0.15) is 0 Å². The Hall–Kier alpha value is -2.24. The minimum absolute atomic E-state index is 0.208. The molecule has 0 atom stereocenters. The highest BCUT2D eigenvalue weighted by molar-refractivity contribution is 6.42. The summed E-state index contributed by atoms with van der Waals surface area (Å²) in [5.41, 5.74) is 1.68. The van der Waals surface area contributed by atoms with Gasteiger partial charge in [-0.15, -0.1) is 0 Å². The molecule has 0 unspecified atom stereocenters. The number of carbonyl (C=O) groups is 2. The summed E-state index contributed by atoms with van der Waals surface area (Å²) in [5, 5.41) is 3.44. The first kappa shape index (κ1) is 18.1. The van der Waals surface area contributed by atoms with Crippen LogP contribution in [0.15, 0.2) is 36.4 Å². The van der Waals surface area contributed by atoms with E-state index in [9.17, 15) is 9.59 Å². The van der Waals surface area contributed by atoms with Crippen molar-refractivity contribution in [2.24, 2.45) is 0 Å². The Morgan fingerprint density at radius 3 is 2.50 bits per heavy atom. The quantitative estimate of drug-likeness (QED) is 0.807. The van der Waals surface area contributed by atoms with E-state index in [1.807, 2.05) is 6.92 Å². The Balaban J connectivity index is 2.01. The largest absolute Gasteiger partial charge is 0.484 e. The molecule has 1 amide bonds. The Labute approximate surface area is 149 Å². The number of halogens is 2. The molecule has 0 spiro atoms. The third-order valence-electron chi connectivity index (χ3n) is 3.19. The van der Waals surface area contributed by atoms with E-state index in [4.69, 9.17) is 27.9 Å². The van der Waals surface area contributed by atoms with Gasteiger partial charge in [-0.05, 0) is 36.8 Å². The molecule has 0 bridgehead atoms. The van der Waals surface area contributed by atoms with E-state index in [1.54, 1.807) is 30.3 Å².